The van der Waals surface area contributed by atoms with Crippen molar-refractivity contribution in [2.24, 2.45) is 5.92 Å². The van der Waals surface area contributed by atoms with Crippen LogP contribution in [0.4, 0.5) is 0 Å². The zero-order chi connectivity index (χ0) is 11.9. The molecule has 0 bridgehead atoms. The van der Waals surface area contributed by atoms with Gasteiger partial charge >= 0.3 is 0 Å². The van der Waals surface area contributed by atoms with Crippen molar-refractivity contribution in [2.45, 2.75) is 32.7 Å². The largest absolute Gasteiger partial charge is 0.472 e. The van der Waals surface area contributed by atoms with Crippen molar-refractivity contribution in [1.29, 1.82) is 0 Å². The Morgan fingerprint density at radius 2 is 2.47 bits per heavy atom. The standard InChI is InChI=1S/C14H24N2O/c1-2-13-4-3-7-16(11-13)8-6-15-10-14-5-9-17-12-14/h5,9,12-13,15H,2-4,6-8,10-11H2,1H3. The van der Waals surface area contributed by atoms with Crippen LogP contribution in [0.15, 0.2) is 23.0 Å². The van der Waals surface area contributed by atoms with Crippen LogP contribution < -0.4 is 5.32 Å². The predicted molar refractivity (Wildman–Crippen MR) is 69.9 cm³/mol. The molecular weight excluding hydrogens is 212 g/mol. The van der Waals surface area contributed by atoms with E-state index in [-0.39, 0.29) is 0 Å². The first kappa shape index (κ1) is 12.7. The van der Waals surface area contributed by atoms with Crippen LogP contribution in [0.2, 0.25) is 0 Å². The molecule has 0 saturated carbocycles. The van der Waals surface area contributed by atoms with Gasteiger partial charge in [-0.3, -0.25) is 0 Å². The molecule has 0 aromatic carbocycles. The van der Waals surface area contributed by atoms with Crippen LogP contribution in [0.1, 0.15) is 31.7 Å². The fraction of sp³-hybridized carbons (Fsp3) is 0.714. The van der Waals surface area contributed by atoms with E-state index in [1.165, 1.54) is 44.5 Å². The maximum atomic E-state index is 5.04. The maximum Gasteiger partial charge on any atom is 0.0947 e. The second-order valence-electron chi connectivity index (χ2n) is 5.03. The molecule has 1 unspecified atom stereocenters. The number of likely N-dealkylation sites (tertiary alicyclic amines) is 1. The van der Waals surface area contributed by atoms with E-state index in [0.717, 1.165) is 19.0 Å². The highest BCUT2D eigenvalue weighted by molar-refractivity contribution is 5.04. The molecule has 1 aromatic heterocycles. The molecule has 96 valence electrons. The number of furan rings is 1. The number of hydrogen-bond acceptors (Lipinski definition) is 3. The second-order valence-corrected chi connectivity index (χ2v) is 5.03. The predicted octanol–water partition coefficient (Wildman–Crippen LogP) is 2.49. The van der Waals surface area contributed by atoms with Gasteiger partial charge in [0.2, 0.25) is 0 Å². The molecular formula is C14H24N2O. The van der Waals surface area contributed by atoms with Crippen LogP contribution in [-0.4, -0.2) is 31.1 Å². The van der Waals surface area contributed by atoms with Gasteiger partial charge in [-0.15, -0.1) is 0 Å². The van der Waals surface area contributed by atoms with Crippen LogP contribution in [0.3, 0.4) is 0 Å². The second kappa shape index (κ2) is 6.82. The van der Waals surface area contributed by atoms with Gasteiger partial charge in [0.15, 0.2) is 0 Å². The van der Waals surface area contributed by atoms with Gasteiger partial charge < -0.3 is 14.6 Å². The molecule has 2 heterocycles. The van der Waals surface area contributed by atoms with Crippen LogP contribution in [0.25, 0.3) is 0 Å². The minimum Gasteiger partial charge on any atom is -0.472 e. The summed E-state index contributed by atoms with van der Waals surface area (Å²) < 4.78 is 5.04. The summed E-state index contributed by atoms with van der Waals surface area (Å²) in [5, 5.41) is 3.47. The fourth-order valence-corrected chi connectivity index (χ4v) is 2.55. The fourth-order valence-electron chi connectivity index (χ4n) is 2.55. The van der Waals surface area contributed by atoms with Gasteiger partial charge in [0.1, 0.15) is 0 Å². The number of piperidine rings is 1. The van der Waals surface area contributed by atoms with Crippen molar-refractivity contribution in [3.63, 3.8) is 0 Å². The number of hydrogen-bond donors (Lipinski definition) is 1. The zero-order valence-electron chi connectivity index (χ0n) is 10.8. The molecule has 0 amide bonds. The molecule has 1 N–H and O–H groups in total. The van der Waals surface area contributed by atoms with E-state index >= 15 is 0 Å². The average molecular weight is 236 g/mol. The molecule has 1 aliphatic heterocycles. The Bertz CT molecular complexity index is 297. The third-order valence-corrected chi connectivity index (χ3v) is 3.69. The number of nitrogens with one attached hydrogen (secondary N) is 1. The van der Waals surface area contributed by atoms with Crippen LogP contribution in [0.5, 0.6) is 0 Å². The van der Waals surface area contributed by atoms with Gasteiger partial charge in [-0.1, -0.05) is 13.3 Å². The molecule has 2 rings (SSSR count). The molecule has 3 heteroatoms. The monoisotopic (exact) mass is 236 g/mol. The molecule has 1 aromatic rings. The van der Waals surface area contributed by atoms with Crippen molar-refractivity contribution >= 4 is 0 Å². The summed E-state index contributed by atoms with van der Waals surface area (Å²) in [6, 6.07) is 2.01. The lowest BCUT2D eigenvalue weighted by Crippen LogP contribution is -2.39. The quantitative estimate of drug-likeness (QED) is 0.769. The first-order chi connectivity index (χ1) is 8.38. The van der Waals surface area contributed by atoms with Gasteiger partial charge in [-0.25, -0.2) is 0 Å². The van der Waals surface area contributed by atoms with Crippen molar-refractivity contribution < 1.29 is 4.42 Å². The molecule has 0 aliphatic carbocycles. The average Bonchev–Trinajstić information content (AvgIpc) is 2.88. The SMILES string of the molecule is CCC1CCCN(CCNCc2ccoc2)C1. The van der Waals surface area contributed by atoms with Crippen LogP contribution in [0, 0.1) is 5.92 Å². The molecule has 0 radical (unpaired) electrons. The highest BCUT2D eigenvalue weighted by Gasteiger charge is 2.17. The summed E-state index contributed by atoms with van der Waals surface area (Å²) in [4.78, 5) is 2.60. The lowest BCUT2D eigenvalue weighted by atomic mass is 9.96. The molecule has 17 heavy (non-hydrogen) atoms. The maximum absolute atomic E-state index is 5.04. The molecule has 1 atom stereocenters. The summed E-state index contributed by atoms with van der Waals surface area (Å²) in [6.07, 6.45) is 7.67. The minimum absolute atomic E-state index is 0.918. The molecule has 3 nitrogen and oxygen atoms in total. The van der Waals surface area contributed by atoms with E-state index in [1.807, 2.05) is 6.07 Å². The Kier molecular flexibility index (Phi) is 5.08. The highest BCUT2D eigenvalue weighted by atomic mass is 16.3. The van der Waals surface area contributed by atoms with E-state index < -0.39 is 0 Å². The lowest BCUT2D eigenvalue weighted by molar-refractivity contribution is 0.172. The minimum atomic E-state index is 0.918. The molecule has 1 fully saturated rings. The summed E-state index contributed by atoms with van der Waals surface area (Å²) in [5.41, 5.74) is 1.23. The Hall–Kier alpha value is -0.800. The van der Waals surface area contributed by atoms with Gasteiger partial charge in [-0.05, 0) is 31.4 Å². The number of rotatable bonds is 6. The van der Waals surface area contributed by atoms with Crippen molar-refractivity contribution in [1.82, 2.24) is 10.2 Å². The van der Waals surface area contributed by atoms with E-state index in [2.05, 4.69) is 17.1 Å². The third kappa shape index (κ3) is 4.17. The van der Waals surface area contributed by atoms with E-state index in [0.29, 0.717) is 0 Å². The zero-order valence-corrected chi connectivity index (χ0v) is 10.8. The Morgan fingerprint density at radius 3 is 3.24 bits per heavy atom. The molecule has 1 aliphatic rings. The van der Waals surface area contributed by atoms with Gasteiger partial charge in [0.05, 0.1) is 12.5 Å². The summed E-state index contributed by atoms with van der Waals surface area (Å²) >= 11 is 0. The topological polar surface area (TPSA) is 28.4 Å². The summed E-state index contributed by atoms with van der Waals surface area (Å²) in [7, 11) is 0. The highest BCUT2D eigenvalue weighted by Crippen LogP contribution is 2.18. The van der Waals surface area contributed by atoms with Gasteiger partial charge in [-0.2, -0.15) is 0 Å². The summed E-state index contributed by atoms with van der Waals surface area (Å²) in [5.74, 6) is 0.928. The Labute approximate surface area is 104 Å². The first-order valence-electron chi connectivity index (χ1n) is 6.82. The Balaban J connectivity index is 1.58. The first-order valence-corrected chi connectivity index (χ1v) is 6.82. The van der Waals surface area contributed by atoms with Crippen molar-refractivity contribution in [3.8, 4) is 0 Å². The van der Waals surface area contributed by atoms with Crippen molar-refractivity contribution in [3.05, 3.63) is 24.2 Å². The molecule has 1 saturated heterocycles. The van der Waals surface area contributed by atoms with E-state index in [9.17, 15) is 0 Å². The van der Waals surface area contributed by atoms with E-state index in [1.54, 1.807) is 12.5 Å². The van der Waals surface area contributed by atoms with Crippen LogP contribution in [-0.2, 0) is 6.54 Å². The van der Waals surface area contributed by atoms with Crippen molar-refractivity contribution in [2.75, 3.05) is 26.2 Å². The molecule has 0 spiro atoms. The van der Waals surface area contributed by atoms with Gasteiger partial charge in [0.25, 0.3) is 0 Å². The van der Waals surface area contributed by atoms with Gasteiger partial charge in [0, 0.05) is 31.7 Å². The Morgan fingerprint density at radius 1 is 1.53 bits per heavy atom. The van der Waals surface area contributed by atoms with E-state index in [4.69, 9.17) is 4.42 Å². The third-order valence-electron chi connectivity index (χ3n) is 3.69. The number of nitrogens with zero attached hydrogens (tertiary/aromatic N) is 1. The lowest BCUT2D eigenvalue weighted by Gasteiger charge is -2.32. The normalized spacial score (nSPS) is 21.8. The van der Waals surface area contributed by atoms with Crippen LogP contribution >= 0.6 is 0 Å². The summed E-state index contributed by atoms with van der Waals surface area (Å²) in [6.45, 7) is 8.05. The smallest absolute Gasteiger partial charge is 0.0947 e.